The second-order valence-corrected chi connectivity index (χ2v) is 3.23. The van der Waals surface area contributed by atoms with E-state index in [1.807, 2.05) is 0 Å². The van der Waals surface area contributed by atoms with Crippen molar-refractivity contribution in [2.24, 2.45) is 5.92 Å². The third-order valence-corrected chi connectivity index (χ3v) is 2.62. The van der Waals surface area contributed by atoms with Crippen LogP contribution in [0, 0.1) is 5.92 Å². The van der Waals surface area contributed by atoms with Crippen molar-refractivity contribution in [3.8, 4) is 0 Å². The van der Waals surface area contributed by atoms with Crippen molar-refractivity contribution in [3.05, 3.63) is 0 Å². The smallest absolute Gasteiger partial charge is 0.308 e. The predicted molar refractivity (Wildman–Crippen MR) is 46.0 cm³/mol. The Balaban J connectivity index is 0.000000605. The van der Waals surface area contributed by atoms with Crippen LogP contribution in [0.15, 0.2) is 0 Å². The minimum atomic E-state index is -0.625. The zero-order valence-corrected chi connectivity index (χ0v) is 7.83. The molecule has 0 saturated carbocycles. The molecule has 2 fully saturated rings. The molecular weight excluding hydrogens is 210 g/mol. The fourth-order valence-corrected chi connectivity index (χ4v) is 2.10. The van der Waals surface area contributed by atoms with E-state index in [4.69, 9.17) is 5.11 Å². The van der Waals surface area contributed by atoms with Gasteiger partial charge in [0.2, 0.25) is 0 Å². The van der Waals surface area contributed by atoms with Gasteiger partial charge in [0.25, 0.3) is 0 Å². The van der Waals surface area contributed by atoms with Crippen molar-refractivity contribution in [2.75, 3.05) is 0 Å². The number of hydrogen-bond donors (Lipinski definition) is 2. The van der Waals surface area contributed by atoms with Gasteiger partial charge in [0.05, 0.1) is 5.92 Å². The molecule has 2 aliphatic heterocycles. The fourth-order valence-electron chi connectivity index (χ4n) is 2.10. The Morgan fingerprint density at radius 2 is 2.18 bits per heavy atom. The van der Waals surface area contributed by atoms with Gasteiger partial charge < -0.3 is 10.4 Å². The Kier molecular flexibility index (Phi) is 2.54. The van der Waals surface area contributed by atoms with Gasteiger partial charge in [-0.25, -0.2) is 0 Å². The van der Waals surface area contributed by atoms with E-state index >= 15 is 0 Å². The van der Waals surface area contributed by atoms with Gasteiger partial charge in [0, 0.05) is 12.1 Å². The number of carbonyl (C=O) groups is 1. The molecule has 0 aliphatic carbocycles. The Labute approximate surface area is 75.9 Å². The molecule has 0 aromatic carbocycles. The van der Waals surface area contributed by atoms with Crippen molar-refractivity contribution < 1.29 is 9.90 Å². The van der Waals surface area contributed by atoms with E-state index in [-0.39, 0.29) is 28.9 Å². The molecule has 2 bridgehead atoms. The van der Waals surface area contributed by atoms with Crippen LogP contribution in [0.2, 0.25) is 0 Å². The van der Waals surface area contributed by atoms with Gasteiger partial charge >= 0.3 is 5.97 Å². The zero-order valence-electron chi connectivity index (χ0n) is 6.12. The third kappa shape index (κ3) is 1.42. The SMILES string of the molecule is Br.O=C(O)[C@@H]1C[C@H]2CC[C@@H]1N2. The maximum Gasteiger partial charge on any atom is 0.308 e. The minimum absolute atomic E-state index is 0. The van der Waals surface area contributed by atoms with E-state index in [0.29, 0.717) is 6.04 Å². The van der Waals surface area contributed by atoms with Gasteiger partial charge in [-0.3, -0.25) is 4.79 Å². The van der Waals surface area contributed by atoms with Gasteiger partial charge in [0.1, 0.15) is 0 Å². The highest BCUT2D eigenvalue weighted by atomic mass is 79.9. The summed E-state index contributed by atoms with van der Waals surface area (Å²) in [7, 11) is 0. The number of carboxylic acids is 1. The summed E-state index contributed by atoms with van der Waals surface area (Å²) in [5.41, 5.74) is 0. The van der Waals surface area contributed by atoms with Crippen molar-refractivity contribution >= 4 is 23.0 Å². The number of hydrogen-bond acceptors (Lipinski definition) is 2. The Morgan fingerprint density at radius 1 is 1.45 bits per heavy atom. The number of nitrogens with one attached hydrogen (secondary N) is 1. The molecule has 0 unspecified atom stereocenters. The number of carboxylic acid groups (broad SMARTS) is 1. The van der Waals surface area contributed by atoms with Crippen LogP contribution < -0.4 is 5.32 Å². The monoisotopic (exact) mass is 221 g/mol. The van der Waals surface area contributed by atoms with Crippen LogP contribution in [0.3, 0.4) is 0 Å². The highest BCUT2D eigenvalue weighted by molar-refractivity contribution is 8.93. The summed E-state index contributed by atoms with van der Waals surface area (Å²) >= 11 is 0. The van der Waals surface area contributed by atoms with E-state index in [2.05, 4.69) is 5.32 Å². The fraction of sp³-hybridized carbons (Fsp3) is 0.857. The zero-order chi connectivity index (χ0) is 7.14. The summed E-state index contributed by atoms with van der Waals surface area (Å²) in [4.78, 5) is 10.6. The van der Waals surface area contributed by atoms with E-state index < -0.39 is 5.97 Å². The lowest BCUT2D eigenvalue weighted by atomic mass is 9.89. The Bertz CT molecular complexity index is 174. The second kappa shape index (κ2) is 3.11. The molecule has 4 heteroatoms. The molecule has 2 N–H and O–H groups in total. The van der Waals surface area contributed by atoms with Crippen molar-refractivity contribution in [2.45, 2.75) is 31.3 Å². The average Bonchev–Trinajstić information content (AvgIpc) is 2.44. The summed E-state index contributed by atoms with van der Waals surface area (Å²) in [6, 6.07) is 0.786. The highest BCUT2D eigenvalue weighted by Gasteiger charge is 2.42. The van der Waals surface area contributed by atoms with E-state index in [1.54, 1.807) is 0 Å². The van der Waals surface area contributed by atoms with Crippen LogP contribution in [0.25, 0.3) is 0 Å². The molecule has 64 valence electrons. The molecule has 3 nitrogen and oxygen atoms in total. The van der Waals surface area contributed by atoms with E-state index in [9.17, 15) is 4.79 Å². The maximum absolute atomic E-state index is 10.6. The molecule has 2 heterocycles. The molecule has 2 saturated heterocycles. The van der Waals surface area contributed by atoms with Crippen LogP contribution in [-0.4, -0.2) is 23.2 Å². The average molecular weight is 222 g/mol. The first-order valence-corrected chi connectivity index (χ1v) is 3.76. The summed E-state index contributed by atoms with van der Waals surface area (Å²) < 4.78 is 0. The molecule has 3 atom stereocenters. The lowest BCUT2D eigenvalue weighted by Gasteiger charge is -2.14. The molecule has 0 aromatic rings. The Hall–Kier alpha value is -0.0900. The van der Waals surface area contributed by atoms with Gasteiger partial charge in [-0.2, -0.15) is 0 Å². The second-order valence-electron chi connectivity index (χ2n) is 3.23. The van der Waals surface area contributed by atoms with Crippen molar-refractivity contribution in [1.82, 2.24) is 5.32 Å². The lowest BCUT2D eigenvalue weighted by Crippen LogP contribution is -2.28. The lowest BCUT2D eigenvalue weighted by molar-refractivity contribution is -0.142. The summed E-state index contributed by atoms with van der Waals surface area (Å²) in [5.74, 6) is -0.724. The number of rotatable bonds is 1. The quantitative estimate of drug-likeness (QED) is 0.689. The largest absolute Gasteiger partial charge is 0.481 e. The van der Waals surface area contributed by atoms with Crippen LogP contribution in [0.5, 0.6) is 0 Å². The molecule has 0 radical (unpaired) electrons. The first-order valence-electron chi connectivity index (χ1n) is 3.76. The summed E-state index contributed by atoms with van der Waals surface area (Å²) in [6.07, 6.45) is 3.08. The van der Waals surface area contributed by atoms with Crippen molar-refractivity contribution in [3.63, 3.8) is 0 Å². The maximum atomic E-state index is 10.6. The van der Waals surface area contributed by atoms with E-state index in [0.717, 1.165) is 12.8 Å². The molecule has 0 aromatic heterocycles. The normalized spacial score (nSPS) is 40.2. The van der Waals surface area contributed by atoms with Crippen LogP contribution in [0.1, 0.15) is 19.3 Å². The van der Waals surface area contributed by atoms with Crippen LogP contribution in [-0.2, 0) is 4.79 Å². The molecule has 0 amide bonds. The van der Waals surface area contributed by atoms with Gasteiger partial charge in [0.15, 0.2) is 0 Å². The predicted octanol–water partition coefficient (Wildman–Crippen LogP) is 0.789. The van der Waals surface area contributed by atoms with Gasteiger partial charge in [-0.15, -0.1) is 17.0 Å². The molecular formula is C7H12BrNO2. The summed E-state index contributed by atoms with van der Waals surface area (Å²) in [5, 5.41) is 12.0. The first kappa shape index (κ1) is 9.00. The Morgan fingerprint density at radius 3 is 2.45 bits per heavy atom. The van der Waals surface area contributed by atoms with Gasteiger partial charge in [-0.1, -0.05) is 0 Å². The number of halogens is 1. The van der Waals surface area contributed by atoms with Crippen molar-refractivity contribution in [1.29, 1.82) is 0 Å². The molecule has 2 aliphatic rings. The standard InChI is InChI=1S/C7H11NO2.BrH/c9-7(10)5-3-4-1-2-6(5)8-4;/h4-6,8H,1-3H2,(H,9,10);1H/t4-,5-,6+;/m1./s1. The molecule has 0 spiro atoms. The minimum Gasteiger partial charge on any atom is -0.481 e. The van der Waals surface area contributed by atoms with Crippen LogP contribution in [0.4, 0.5) is 0 Å². The number of fused-ring (bicyclic) bond motifs is 2. The summed E-state index contributed by atoms with van der Waals surface area (Å²) in [6.45, 7) is 0. The molecule has 2 rings (SSSR count). The van der Waals surface area contributed by atoms with Gasteiger partial charge in [-0.05, 0) is 19.3 Å². The molecule has 11 heavy (non-hydrogen) atoms. The topological polar surface area (TPSA) is 49.3 Å². The van der Waals surface area contributed by atoms with E-state index in [1.165, 1.54) is 6.42 Å². The highest BCUT2D eigenvalue weighted by Crippen LogP contribution is 2.32. The first-order chi connectivity index (χ1) is 4.77. The van der Waals surface area contributed by atoms with Crippen LogP contribution >= 0.6 is 17.0 Å². The number of aliphatic carboxylic acids is 1. The third-order valence-electron chi connectivity index (χ3n) is 2.62.